The third kappa shape index (κ3) is 3.83. The van der Waals surface area contributed by atoms with E-state index in [1.807, 2.05) is 57.2 Å². The second-order valence-electron chi connectivity index (χ2n) is 7.22. The smallest absolute Gasteiger partial charge is 0.226 e. The fourth-order valence-electron chi connectivity index (χ4n) is 3.35. The van der Waals surface area contributed by atoms with Crippen LogP contribution in [-0.2, 0) is 17.8 Å². The van der Waals surface area contributed by atoms with Crippen LogP contribution in [0, 0.1) is 20.8 Å². The number of rotatable bonds is 5. The van der Waals surface area contributed by atoms with Gasteiger partial charge in [0.05, 0.1) is 12.1 Å². The van der Waals surface area contributed by atoms with E-state index in [1.54, 1.807) is 0 Å². The SMILES string of the molecule is Cc1cccc(-c2nc(CC(=O)NCc3ccc4[nH]c(C)cc4c3)c(C)o2)c1. The Morgan fingerprint density at radius 2 is 1.96 bits per heavy atom. The van der Waals surface area contributed by atoms with Crippen LogP contribution in [0.1, 0.15) is 28.3 Å². The van der Waals surface area contributed by atoms with E-state index in [-0.39, 0.29) is 12.3 Å². The fourth-order valence-corrected chi connectivity index (χ4v) is 3.35. The number of hydrogen-bond donors (Lipinski definition) is 2. The maximum atomic E-state index is 12.4. The summed E-state index contributed by atoms with van der Waals surface area (Å²) in [4.78, 5) is 20.2. The summed E-state index contributed by atoms with van der Waals surface area (Å²) in [7, 11) is 0. The molecule has 0 atom stereocenters. The highest BCUT2D eigenvalue weighted by Crippen LogP contribution is 2.23. The summed E-state index contributed by atoms with van der Waals surface area (Å²) in [5.74, 6) is 1.16. The van der Waals surface area contributed by atoms with Crippen molar-refractivity contribution in [1.82, 2.24) is 15.3 Å². The second kappa shape index (κ2) is 7.35. The lowest BCUT2D eigenvalue weighted by Crippen LogP contribution is -2.24. The number of carbonyl (C=O) groups is 1. The standard InChI is InChI=1S/C23H23N3O2/c1-14-5-4-6-18(9-14)23-26-21(16(3)28-23)12-22(27)24-13-17-7-8-20-19(11-17)10-15(2)25-20/h4-11,25H,12-13H2,1-3H3,(H,24,27). The van der Waals surface area contributed by atoms with Crippen LogP contribution in [0.15, 0.2) is 52.9 Å². The van der Waals surface area contributed by atoms with Crippen LogP contribution in [0.25, 0.3) is 22.4 Å². The average molecular weight is 373 g/mol. The molecule has 2 N–H and O–H groups in total. The third-order valence-corrected chi connectivity index (χ3v) is 4.80. The van der Waals surface area contributed by atoms with Crippen molar-refractivity contribution in [2.24, 2.45) is 0 Å². The summed E-state index contributed by atoms with van der Waals surface area (Å²) >= 11 is 0. The van der Waals surface area contributed by atoms with Crippen LogP contribution in [0.3, 0.4) is 0 Å². The van der Waals surface area contributed by atoms with E-state index in [2.05, 4.69) is 27.4 Å². The van der Waals surface area contributed by atoms with Gasteiger partial charge < -0.3 is 14.7 Å². The summed E-state index contributed by atoms with van der Waals surface area (Å²) in [6, 6.07) is 16.2. The zero-order valence-electron chi connectivity index (χ0n) is 16.3. The normalized spacial score (nSPS) is 11.1. The number of hydrogen-bond acceptors (Lipinski definition) is 3. The average Bonchev–Trinajstić information content (AvgIpc) is 3.21. The van der Waals surface area contributed by atoms with Crippen LogP contribution in [0.5, 0.6) is 0 Å². The summed E-state index contributed by atoms with van der Waals surface area (Å²) in [5, 5.41) is 4.13. The zero-order chi connectivity index (χ0) is 19.7. The highest BCUT2D eigenvalue weighted by Gasteiger charge is 2.15. The molecule has 28 heavy (non-hydrogen) atoms. The molecule has 0 spiro atoms. The van der Waals surface area contributed by atoms with Gasteiger partial charge in [-0.2, -0.15) is 0 Å². The number of oxazole rings is 1. The van der Waals surface area contributed by atoms with Gasteiger partial charge in [0.15, 0.2) is 0 Å². The zero-order valence-corrected chi connectivity index (χ0v) is 16.3. The van der Waals surface area contributed by atoms with E-state index < -0.39 is 0 Å². The fraction of sp³-hybridized carbons (Fsp3) is 0.217. The van der Waals surface area contributed by atoms with Gasteiger partial charge in [-0.3, -0.25) is 4.79 Å². The van der Waals surface area contributed by atoms with Crippen LogP contribution < -0.4 is 5.32 Å². The van der Waals surface area contributed by atoms with Crippen molar-refractivity contribution in [2.45, 2.75) is 33.7 Å². The van der Waals surface area contributed by atoms with Crippen LogP contribution >= 0.6 is 0 Å². The van der Waals surface area contributed by atoms with Gasteiger partial charge in [0.1, 0.15) is 5.76 Å². The summed E-state index contributed by atoms with van der Waals surface area (Å²) in [6.45, 7) is 6.39. The molecule has 5 nitrogen and oxygen atoms in total. The molecule has 142 valence electrons. The predicted molar refractivity (Wildman–Crippen MR) is 110 cm³/mol. The first-order chi connectivity index (χ1) is 13.5. The van der Waals surface area contributed by atoms with E-state index in [9.17, 15) is 4.79 Å². The van der Waals surface area contributed by atoms with Crippen molar-refractivity contribution in [1.29, 1.82) is 0 Å². The van der Waals surface area contributed by atoms with Gasteiger partial charge in [0.2, 0.25) is 11.8 Å². The predicted octanol–water partition coefficient (Wildman–Crippen LogP) is 4.61. The quantitative estimate of drug-likeness (QED) is 0.537. The first-order valence-electron chi connectivity index (χ1n) is 9.36. The number of aryl methyl sites for hydroxylation is 3. The van der Waals surface area contributed by atoms with Gasteiger partial charge in [-0.05, 0) is 62.1 Å². The van der Waals surface area contributed by atoms with Crippen LogP contribution in [0.4, 0.5) is 0 Å². The Balaban J connectivity index is 1.42. The minimum absolute atomic E-state index is 0.0717. The minimum atomic E-state index is -0.0717. The van der Waals surface area contributed by atoms with E-state index in [4.69, 9.17) is 4.42 Å². The number of aromatic nitrogens is 2. The van der Waals surface area contributed by atoms with Crippen molar-refractivity contribution in [3.8, 4) is 11.5 Å². The monoisotopic (exact) mass is 373 g/mol. The van der Waals surface area contributed by atoms with Crippen LogP contribution in [0.2, 0.25) is 0 Å². The highest BCUT2D eigenvalue weighted by molar-refractivity contribution is 5.82. The summed E-state index contributed by atoms with van der Waals surface area (Å²) < 4.78 is 5.78. The van der Waals surface area contributed by atoms with Gasteiger partial charge in [-0.25, -0.2) is 4.98 Å². The van der Waals surface area contributed by atoms with Crippen molar-refractivity contribution < 1.29 is 9.21 Å². The van der Waals surface area contributed by atoms with Crippen molar-refractivity contribution in [2.75, 3.05) is 0 Å². The number of amides is 1. The van der Waals surface area contributed by atoms with Crippen molar-refractivity contribution in [3.05, 3.63) is 76.8 Å². The van der Waals surface area contributed by atoms with Crippen LogP contribution in [-0.4, -0.2) is 15.9 Å². The van der Waals surface area contributed by atoms with Crippen molar-refractivity contribution in [3.63, 3.8) is 0 Å². The third-order valence-electron chi connectivity index (χ3n) is 4.80. The maximum Gasteiger partial charge on any atom is 0.226 e. The molecule has 0 aliphatic heterocycles. The largest absolute Gasteiger partial charge is 0.441 e. The Kier molecular flexibility index (Phi) is 4.74. The molecule has 0 aliphatic carbocycles. The molecular formula is C23H23N3O2. The van der Waals surface area contributed by atoms with Gasteiger partial charge in [0.25, 0.3) is 0 Å². The van der Waals surface area contributed by atoms with Gasteiger partial charge in [0, 0.05) is 23.3 Å². The molecule has 1 amide bonds. The Hall–Kier alpha value is -3.34. The molecular weight excluding hydrogens is 350 g/mol. The molecule has 2 aromatic heterocycles. The number of aromatic amines is 1. The molecule has 0 saturated carbocycles. The first kappa shape index (κ1) is 18.0. The second-order valence-corrected chi connectivity index (χ2v) is 7.22. The minimum Gasteiger partial charge on any atom is -0.441 e. The van der Waals surface area contributed by atoms with Gasteiger partial charge in [-0.1, -0.05) is 23.8 Å². The Morgan fingerprint density at radius 1 is 1.11 bits per heavy atom. The Morgan fingerprint density at radius 3 is 2.79 bits per heavy atom. The number of fused-ring (bicyclic) bond motifs is 1. The molecule has 4 rings (SSSR count). The molecule has 0 bridgehead atoms. The lowest BCUT2D eigenvalue weighted by molar-refractivity contribution is -0.120. The Labute approximate surface area is 163 Å². The lowest BCUT2D eigenvalue weighted by atomic mass is 10.1. The molecule has 0 fully saturated rings. The Bertz CT molecular complexity index is 1150. The van der Waals surface area contributed by atoms with E-state index in [1.165, 1.54) is 0 Å². The highest BCUT2D eigenvalue weighted by atomic mass is 16.4. The van der Waals surface area contributed by atoms with E-state index in [0.717, 1.165) is 33.3 Å². The molecule has 0 unspecified atom stereocenters. The number of carbonyl (C=O) groups excluding carboxylic acids is 1. The molecule has 5 heteroatoms. The number of H-pyrrole nitrogens is 1. The first-order valence-corrected chi connectivity index (χ1v) is 9.36. The lowest BCUT2D eigenvalue weighted by Gasteiger charge is -2.05. The molecule has 0 radical (unpaired) electrons. The topological polar surface area (TPSA) is 70.9 Å². The van der Waals surface area contributed by atoms with E-state index in [0.29, 0.717) is 23.9 Å². The molecule has 0 aliphatic rings. The van der Waals surface area contributed by atoms with Crippen molar-refractivity contribution >= 4 is 16.8 Å². The molecule has 0 saturated heterocycles. The molecule has 2 aromatic carbocycles. The number of benzene rings is 2. The van der Waals surface area contributed by atoms with Gasteiger partial charge in [-0.15, -0.1) is 0 Å². The maximum absolute atomic E-state index is 12.4. The molecule has 4 aromatic rings. The summed E-state index contributed by atoms with van der Waals surface area (Å²) in [6.07, 6.45) is 0.201. The van der Waals surface area contributed by atoms with Gasteiger partial charge >= 0.3 is 0 Å². The summed E-state index contributed by atoms with van der Waals surface area (Å²) in [5.41, 5.74) is 6.03. The number of nitrogens with one attached hydrogen (secondary N) is 2. The molecule has 2 heterocycles. The number of nitrogens with zero attached hydrogens (tertiary/aromatic N) is 1. The van der Waals surface area contributed by atoms with E-state index >= 15 is 0 Å².